The number of hydrogen-bond acceptors (Lipinski definition) is 3. The fourth-order valence-corrected chi connectivity index (χ4v) is 4.45. The van der Waals surface area contributed by atoms with Gasteiger partial charge in [0.05, 0.1) is 12.1 Å². The Bertz CT molecular complexity index is 489. The van der Waals surface area contributed by atoms with Gasteiger partial charge in [-0.2, -0.15) is 0 Å². The van der Waals surface area contributed by atoms with E-state index in [1.165, 1.54) is 25.0 Å². The lowest BCUT2D eigenvalue weighted by atomic mass is 10.1. The van der Waals surface area contributed by atoms with Crippen molar-refractivity contribution in [3.63, 3.8) is 0 Å². The fraction of sp³-hybridized carbons (Fsp3) is 0.533. The van der Waals surface area contributed by atoms with Gasteiger partial charge in [-0.3, -0.25) is 4.99 Å². The summed E-state index contributed by atoms with van der Waals surface area (Å²) in [6.07, 6.45) is 3.96. The van der Waals surface area contributed by atoms with Crippen molar-refractivity contribution in [2.24, 2.45) is 10.9 Å². The second-order valence-electron chi connectivity index (χ2n) is 5.39. The minimum atomic E-state index is 0.206. The normalized spacial score (nSPS) is 27.6. The SMILES string of the molecule is CC(NC1=NC2CCCC2CS1)c1ccccc1Cl. The summed E-state index contributed by atoms with van der Waals surface area (Å²) < 4.78 is 0. The van der Waals surface area contributed by atoms with Crippen molar-refractivity contribution >= 4 is 28.5 Å². The molecule has 0 aromatic heterocycles. The Morgan fingerprint density at radius 3 is 3.05 bits per heavy atom. The summed E-state index contributed by atoms with van der Waals surface area (Å²) >= 11 is 8.10. The lowest BCUT2D eigenvalue weighted by molar-refractivity contribution is 0.531. The zero-order valence-electron chi connectivity index (χ0n) is 11.1. The van der Waals surface area contributed by atoms with E-state index >= 15 is 0 Å². The number of rotatable bonds is 2. The third-order valence-electron chi connectivity index (χ3n) is 4.05. The van der Waals surface area contributed by atoms with E-state index in [2.05, 4.69) is 18.3 Å². The van der Waals surface area contributed by atoms with E-state index in [1.54, 1.807) is 0 Å². The van der Waals surface area contributed by atoms with Gasteiger partial charge < -0.3 is 5.32 Å². The van der Waals surface area contributed by atoms with Gasteiger partial charge in [-0.25, -0.2) is 0 Å². The Labute approximate surface area is 124 Å². The Morgan fingerprint density at radius 2 is 2.21 bits per heavy atom. The summed E-state index contributed by atoms with van der Waals surface area (Å²) in [4.78, 5) is 4.86. The monoisotopic (exact) mass is 294 g/mol. The quantitative estimate of drug-likeness (QED) is 0.881. The van der Waals surface area contributed by atoms with Crippen molar-refractivity contribution in [1.29, 1.82) is 0 Å². The molecule has 1 fully saturated rings. The molecule has 1 aliphatic heterocycles. The average Bonchev–Trinajstić information content (AvgIpc) is 2.86. The third-order valence-corrected chi connectivity index (χ3v) is 5.48. The number of benzene rings is 1. The highest BCUT2D eigenvalue weighted by Gasteiger charge is 2.31. The molecule has 0 bridgehead atoms. The van der Waals surface area contributed by atoms with E-state index in [0.29, 0.717) is 6.04 Å². The van der Waals surface area contributed by atoms with Crippen molar-refractivity contribution < 1.29 is 0 Å². The standard InChI is InChI=1S/C15H19ClN2S/c1-10(12-6-2-3-7-13(12)16)17-15-18-14-8-4-5-11(14)9-19-15/h2-3,6-7,10-11,14H,4-5,8-9H2,1H3,(H,17,18). The van der Waals surface area contributed by atoms with Gasteiger partial charge in [-0.05, 0) is 37.3 Å². The molecule has 0 saturated heterocycles. The highest BCUT2D eigenvalue weighted by Crippen LogP contribution is 2.35. The molecule has 3 unspecified atom stereocenters. The van der Waals surface area contributed by atoms with Crippen LogP contribution in [0.5, 0.6) is 0 Å². The van der Waals surface area contributed by atoms with Crippen molar-refractivity contribution in [1.82, 2.24) is 5.32 Å². The van der Waals surface area contributed by atoms with Gasteiger partial charge in [-0.15, -0.1) is 0 Å². The summed E-state index contributed by atoms with van der Waals surface area (Å²) in [5, 5.41) is 5.43. The van der Waals surface area contributed by atoms with E-state index < -0.39 is 0 Å². The van der Waals surface area contributed by atoms with Crippen LogP contribution in [0.25, 0.3) is 0 Å². The molecule has 1 saturated carbocycles. The molecule has 2 aliphatic rings. The Kier molecular flexibility index (Phi) is 4.04. The summed E-state index contributed by atoms with van der Waals surface area (Å²) in [6.45, 7) is 2.14. The number of nitrogens with one attached hydrogen (secondary N) is 1. The smallest absolute Gasteiger partial charge is 0.157 e. The number of fused-ring (bicyclic) bond motifs is 1. The second-order valence-corrected chi connectivity index (χ2v) is 6.81. The average molecular weight is 295 g/mol. The first kappa shape index (κ1) is 13.3. The largest absolute Gasteiger partial charge is 0.358 e. The molecule has 4 heteroatoms. The molecule has 1 aliphatic carbocycles. The maximum atomic E-state index is 6.24. The van der Waals surface area contributed by atoms with Gasteiger partial charge in [0.15, 0.2) is 5.17 Å². The van der Waals surface area contributed by atoms with Crippen LogP contribution >= 0.6 is 23.4 Å². The molecule has 1 heterocycles. The van der Waals surface area contributed by atoms with Crippen LogP contribution in [-0.4, -0.2) is 17.0 Å². The molecule has 3 rings (SSSR count). The number of aliphatic imine (C=N–C) groups is 1. The van der Waals surface area contributed by atoms with Crippen LogP contribution in [0.15, 0.2) is 29.3 Å². The highest BCUT2D eigenvalue weighted by atomic mass is 35.5. The lowest BCUT2D eigenvalue weighted by Crippen LogP contribution is -2.31. The first-order valence-corrected chi connectivity index (χ1v) is 8.32. The van der Waals surface area contributed by atoms with Gasteiger partial charge in [-0.1, -0.05) is 48.0 Å². The van der Waals surface area contributed by atoms with Crippen molar-refractivity contribution in [2.75, 3.05) is 5.75 Å². The molecule has 1 aromatic carbocycles. The molecule has 1 aromatic rings. The maximum absolute atomic E-state index is 6.24. The lowest BCUT2D eigenvalue weighted by Gasteiger charge is -2.26. The van der Waals surface area contributed by atoms with E-state index in [1.807, 2.05) is 30.0 Å². The van der Waals surface area contributed by atoms with Gasteiger partial charge in [0, 0.05) is 10.8 Å². The molecular formula is C15H19ClN2S. The maximum Gasteiger partial charge on any atom is 0.157 e. The summed E-state index contributed by atoms with van der Waals surface area (Å²) in [5.41, 5.74) is 1.14. The van der Waals surface area contributed by atoms with Crippen molar-refractivity contribution in [3.8, 4) is 0 Å². The van der Waals surface area contributed by atoms with Crippen molar-refractivity contribution in [2.45, 2.75) is 38.3 Å². The minimum absolute atomic E-state index is 0.206. The van der Waals surface area contributed by atoms with Crippen LogP contribution < -0.4 is 5.32 Å². The number of hydrogen-bond donors (Lipinski definition) is 1. The first-order chi connectivity index (χ1) is 9.24. The zero-order valence-corrected chi connectivity index (χ0v) is 12.7. The van der Waals surface area contributed by atoms with Gasteiger partial charge in [0.1, 0.15) is 0 Å². The predicted molar refractivity (Wildman–Crippen MR) is 84.0 cm³/mol. The second kappa shape index (κ2) is 5.76. The van der Waals surface area contributed by atoms with Crippen LogP contribution in [-0.2, 0) is 0 Å². The van der Waals surface area contributed by atoms with E-state index in [-0.39, 0.29) is 6.04 Å². The molecule has 2 nitrogen and oxygen atoms in total. The van der Waals surface area contributed by atoms with Crippen LogP contribution in [0, 0.1) is 5.92 Å². The topological polar surface area (TPSA) is 24.4 Å². The van der Waals surface area contributed by atoms with Crippen LogP contribution in [0.2, 0.25) is 5.02 Å². The molecular weight excluding hydrogens is 276 g/mol. The Balaban J connectivity index is 1.70. The molecule has 102 valence electrons. The van der Waals surface area contributed by atoms with E-state index in [9.17, 15) is 0 Å². The van der Waals surface area contributed by atoms with E-state index in [4.69, 9.17) is 16.6 Å². The zero-order chi connectivity index (χ0) is 13.2. The first-order valence-electron chi connectivity index (χ1n) is 6.95. The van der Waals surface area contributed by atoms with Crippen LogP contribution in [0.1, 0.15) is 37.8 Å². The molecule has 19 heavy (non-hydrogen) atoms. The molecule has 0 radical (unpaired) electrons. The molecule has 1 N–H and O–H groups in total. The number of amidine groups is 1. The van der Waals surface area contributed by atoms with Gasteiger partial charge in [0.2, 0.25) is 0 Å². The number of halogens is 1. The van der Waals surface area contributed by atoms with Crippen LogP contribution in [0.4, 0.5) is 0 Å². The highest BCUT2D eigenvalue weighted by molar-refractivity contribution is 8.13. The minimum Gasteiger partial charge on any atom is -0.358 e. The Morgan fingerprint density at radius 1 is 1.37 bits per heavy atom. The predicted octanol–water partition coefficient (Wildman–Crippen LogP) is 4.26. The molecule has 0 spiro atoms. The fourth-order valence-electron chi connectivity index (χ4n) is 2.92. The van der Waals surface area contributed by atoms with Crippen molar-refractivity contribution in [3.05, 3.63) is 34.9 Å². The summed E-state index contributed by atoms with van der Waals surface area (Å²) in [7, 11) is 0. The van der Waals surface area contributed by atoms with Crippen LogP contribution in [0.3, 0.4) is 0 Å². The van der Waals surface area contributed by atoms with E-state index in [0.717, 1.165) is 21.7 Å². The Hall–Kier alpha value is -0.670. The third kappa shape index (κ3) is 2.92. The summed E-state index contributed by atoms with van der Waals surface area (Å²) in [5.74, 6) is 2.03. The van der Waals surface area contributed by atoms with Gasteiger partial charge >= 0.3 is 0 Å². The number of thioether (sulfide) groups is 1. The summed E-state index contributed by atoms with van der Waals surface area (Å²) in [6, 6.07) is 8.78. The number of nitrogens with zero attached hydrogens (tertiary/aromatic N) is 1. The van der Waals surface area contributed by atoms with Gasteiger partial charge in [0.25, 0.3) is 0 Å². The molecule has 3 atom stereocenters. The molecule has 0 amide bonds.